The molecular weight excluding hydrogens is 271 g/mol. The molecule has 1 saturated heterocycles. The van der Waals surface area contributed by atoms with Crippen LogP contribution in [-0.2, 0) is 14.8 Å². The van der Waals surface area contributed by atoms with Gasteiger partial charge in [-0.05, 0) is 38.0 Å². The first-order chi connectivity index (χ1) is 8.88. The van der Waals surface area contributed by atoms with Crippen molar-refractivity contribution in [2.24, 2.45) is 0 Å². The lowest BCUT2D eigenvalue weighted by molar-refractivity contribution is 0.0173. The highest BCUT2D eigenvalue weighted by Gasteiger charge is 2.26. The number of halogens is 1. The van der Waals surface area contributed by atoms with Crippen LogP contribution in [0.1, 0.15) is 19.8 Å². The number of rotatable bonds is 3. The number of hydrogen-bond donors (Lipinski definition) is 2. The Kier molecular flexibility index (Phi) is 4.07. The van der Waals surface area contributed by atoms with E-state index in [4.69, 9.17) is 10.5 Å². The Hall–Kier alpha value is -1.18. The summed E-state index contributed by atoms with van der Waals surface area (Å²) in [4.78, 5) is -0.216. The Balaban J connectivity index is 2.20. The number of anilines is 1. The van der Waals surface area contributed by atoms with Gasteiger partial charge in [-0.3, -0.25) is 0 Å². The quantitative estimate of drug-likeness (QED) is 0.820. The van der Waals surface area contributed by atoms with Gasteiger partial charge in [-0.15, -0.1) is 0 Å². The summed E-state index contributed by atoms with van der Waals surface area (Å²) in [5.41, 5.74) is 5.63. The van der Waals surface area contributed by atoms with Crippen LogP contribution >= 0.6 is 0 Å². The molecule has 2 rings (SSSR count). The van der Waals surface area contributed by atoms with Crippen molar-refractivity contribution in [1.82, 2.24) is 4.72 Å². The summed E-state index contributed by atoms with van der Waals surface area (Å²) in [5.74, 6) is -0.630. The molecule has 0 bridgehead atoms. The lowest BCUT2D eigenvalue weighted by atomic mass is 10.1. The summed E-state index contributed by atoms with van der Waals surface area (Å²) < 4.78 is 45.4. The first kappa shape index (κ1) is 14.2. The van der Waals surface area contributed by atoms with Crippen LogP contribution < -0.4 is 10.5 Å². The second-order valence-corrected chi connectivity index (χ2v) is 6.39. The monoisotopic (exact) mass is 288 g/mol. The zero-order chi connectivity index (χ0) is 14.0. The molecule has 0 aromatic heterocycles. The molecule has 0 spiro atoms. The molecule has 0 radical (unpaired) electrons. The highest BCUT2D eigenvalue weighted by molar-refractivity contribution is 7.89. The number of nitrogens with two attached hydrogens (primary N) is 1. The van der Waals surface area contributed by atoms with Crippen LogP contribution in [0.3, 0.4) is 0 Å². The molecule has 1 fully saturated rings. The fourth-order valence-corrected chi connectivity index (χ4v) is 3.55. The van der Waals surface area contributed by atoms with Crippen LogP contribution in [-0.4, -0.2) is 27.2 Å². The van der Waals surface area contributed by atoms with Crippen LogP contribution in [0.2, 0.25) is 0 Å². The van der Waals surface area contributed by atoms with E-state index in [1.807, 2.05) is 6.92 Å². The largest absolute Gasteiger partial charge is 0.398 e. The summed E-state index contributed by atoms with van der Waals surface area (Å²) in [7, 11) is -3.81. The minimum Gasteiger partial charge on any atom is -0.398 e. The van der Waals surface area contributed by atoms with Crippen LogP contribution in [0.5, 0.6) is 0 Å². The van der Waals surface area contributed by atoms with E-state index in [9.17, 15) is 12.8 Å². The number of ether oxygens (including phenoxy) is 1. The molecule has 0 saturated carbocycles. The van der Waals surface area contributed by atoms with Crippen molar-refractivity contribution in [3.8, 4) is 0 Å². The molecule has 1 heterocycles. The van der Waals surface area contributed by atoms with Crippen molar-refractivity contribution in [3.63, 3.8) is 0 Å². The number of sulfonamides is 1. The zero-order valence-corrected chi connectivity index (χ0v) is 11.4. The molecule has 0 aliphatic carbocycles. The average Bonchev–Trinajstić information content (AvgIpc) is 2.31. The molecular formula is C12H17FN2O3S. The Morgan fingerprint density at radius 2 is 2.21 bits per heavy atom. The molecule has 7 heteroatoms. The highest BCUT2D eigenvalue weighted by atomic mass is 32.2. The first-order valence-electron chi connectivity index (χ1n) is 6.07. The zero-order valence-electron chi connectivity index (χ0n) is 10.6. The first-order valence-corrected chi connectivity index (χ1v) is 7.56. The summed E-state index contributed by atoms with van der Waals surface area (Å²) in [6, 6.07) is 3.10. The smallest absolute Gasteiger partial charge is 0.242 e. The van der Waals surface area contributed by atoms with Gasteiger partial charge in [0.1, 0.15) is 10.7 Å². The van der Waals surface area contributed by atoms with E-state index in [0.29, 0.717) is 19.4 Å². The SMILES string of the molecule is CC1CC(NS(=O)(=O)c2cc(F)ccc2N)CCO1. The van der Waals surface area contributed by atoms with Gasteiger partial charge in [-0.2, -0.15) is 0 Å². The van der Waals surface area contributed by atoms with Gasteiger partial charge < -0.3 is 10.5 Å². The lowest BCUT2D eigenvalue weighted by Gasteiger charge is -2.27. The molecule has 2 unspecified atom stereocenters. The molecule has 5 nitrogen and oxygen atoms in total. The summed E-state index contributed by atoms with van der Waals surface area (Å²) in [6.07, 6.45) is 1.19. The Morgan fingerprint density at radius 1 is 1.47 bits per heavy atom. The molecule has 1 aliphatic rings. The van der Waals surface area contributed by atoms with Gasteiger partial charge in [-0.25, -0.2) is 17.5 Å². The van der Waals surface area contributed by atoms with Crippen molar-refractivity contribution in [2.75, 3.05) is 12.3 Å². The number of nitrogen functional groups attached to an aromatic ring is 1. The topological polar surface area (TPSA) is 81.4 Å². The van der Waals surface area contributed by atoms with E-state index in [1.54, 1.807) is 0 Å². The number of hydrogen-bond acceptors (Lipinski definition) is 4. The van der Waals surface area contributed by atoms with E-state index in [0.717, 1.165) is 12.1 Å². The maximum Gasteiger partial charge on any atom is 0.242 e. The predicted molar refractivity (Wildman–Crippen MR) is 69.6 cm³/mol. The van der Waals surface area contributed by atoms with Gasteiger partial charge in [0.15, 0.2) is 0 Å². The Labute approximate surface area is 112 Å². The van der Waals surface area contributed by atoms with E-state index in [-0.39, 0.29) is 22.7 Å². The molecule has 1 aromatic carbocycles. The highest BCUT2D eigenvalue weighted by Crippen LogP contribution is 2.21. The third-order valence-corrected chi connectivity index (χ3v) is 4.65. The predicted octanol–water partition coefficient (Wildman–Crippen LogP) is 1.25. The van der Waals surface area contributed by atoms with Crippen LogP contribution in [0.15, 0.2) is 23.1 Å². The van der Waals surface area contributed by atoms with Gasteiger partial charge in [0.2, 0.25) is 10.0 Å². The minimum atomic E-state index is -3.81. The summed E-state index contributed by atoms with van der Waals surface area (Å²) >= 11 is 0. The summed E-state index contributed by atoms with van der Waals surface area (Å²) in [5, 5.41) is 0. The van der Waals surface area contributed by atoms with Crippen LogP contribution in [0, 0.1) is 5.82 Å². The maximum absolute atomic E-state index is 13.2. The van der Waals surface area contributed by atoms with Gasteiger partial charge in [0.25, 0.3) is 0 Å². The molecule has 1 aliphatic heterocycles. The van der Waals surface area contributed by atoms with Gasteiger partial charge in [-0.1, -0.05) is 0 Å². The van der Waals surface area contributed by atoms with Gasteiger partial charge >= 0.3 is 0 Å². The fraction of sp³-hybridized carbons (Fsp3) is 0.500. The van der Waals surface area contributed by atoms with Crippen molar-refractivity contribution < 1.29 is 17.5 Å². The second kappa shape index (κ2) is 5.44. The minimum absolute atomic E-state index is 0.00584. The van der Waals surface area contributed by atoms with E-state index < -0.39 is 15.8 Å². The fourth-order valence-electron chi connectivity index (χ4n) is 2.13. The molecule has 106 valence electrons. The third kappa shape index (κ3) is 3.43. The van der Waals surface area contributed by atoms with Crippen molar-refractivity contribution in [3.05, 3.63) is 24.0 Å². The molecule has 3 N–H and O–H groups in total. The Bertz CT molecular complexity index is 562. The van der Waals surface area contributed by atoms with E-state index in [2.05, 4.69) is 4.72 Å². The van der Waals surface area contributed by atoms with Gasteiger partial charge in [0, 0.05) is 12.6 Å². The normalized spacial score (nSPS) is 24.3. The van der Waals surface area contributed by atoms with Crippen LogP contribution in [0.4, 0.5) is 10.1 Å². The average molecular weight is 288 g/mol. The standard InChI is InChI=1S/C12H17FN2O3S/c1-8-6-10(4-5-18-8)15-19(16,17)12-7-9(13)2-3-11(12)14/h2-3,7-8,10,15H,4-6,14H2,1H3. The van der Waals surface area contributed by atoms with Crippen molar-refractivity contribution >= 4 is 15.7 Å². The van der Waals surface area contributed by atoms with Gasteiger partial charge in [0.05, 0.1) is 11.8 Å². The van der Waals surface area contributed by atoms with E-state index in [1.165, 1.54) is 6.07 Å². The molecule has 2 atom stereocenters. The molecule has 1 aromatic rings. The third-order valence-electron chi connectivity index (χ3n) is 3.07. The van der Waals surface area contributed by atoms with Crippen molar-refractivity contribution in [2.45, 2.75) is 36.8 Å². The van der Waals surface area contributed by atoms with E-state index >= 15 is 0 Å². The number of benzene rings is 1. The van der Waals surface area contributed by atoms with Crippen LogP contribution in [0.25, 0.3) is 0 Å². The van der Waals surface area contributed by atoms with Crippen molar-refractivity contribution in [1.29, 1.82) is 0 Å². The lowest BCUT2D eigenvalue weighted by Crippen LogP contribution is -2.41. The second-order valence-electron chi connectivity index (χ2n) is 4.71. The molecule has 0 amide bonds. The summed E-state index contributed by atoms with van der Waals surface area (Å²) in [6.45, 7) is 2.39. The number of nitrogens with one attached hydrogen (secondary N) is 1. The molecule has 19 heavy (non-hydrogen) atoms. The maximum atomic E-state index is 13.2. The Morgan fingerprint density at radius 3 is 2.89 bits per heavy atom.